The topological polar surface area (TPSA) is 8.17 Å². The molecule has 0 saturated carbocycles. The van der Waals surface area contributed by atoms with E-state index in [4.69, 9.17) is 0 Å². The molecule has 0 atom stereocenters. The van der Waals surface area contributed by atoms with Crippen molar-refractivity contribution in [2.24, 2.45) is 5.41 Å². The summed E-state index contributed by atoms with van der Waals surface area (Å²) in [4.78, 5) is 2.42. The van der Waals surface area contributed by atoms with Crippen molar-refractivity contribution in [3.8, 4) is 11.1 Å². The van der Waals surface area contributed by atoms with E-state index in [0.717, 1.165) is 25.8 Å². The van der Waals surface area contributed by atoms with Crippen molar-refractivity contribution in [2.45, 2.75) is 81.6 Å². The van der Waals surface area contributed by atoms with E-state index < -0.39 is 0 Å². The van der Waals surface area contributed by atoms with Gasteiger partial charge in [-0.3, -0.25) is 0 Å². The van der Waals surface area contributed by atoms with Crippen LogP contribution in [0.5, 0.6) is 0 Å². The highest BCUT2D eigenvalue weighted by Crippen LogP contribution is 2.42. The number of para-hydroxylation sites is 1. The Morgan fingerprint density at radius 1 is 0.812 bits per heavy atom. The molecule has 1 aliphatic heterocycles. The van der Waals surface area contributed by atoms with Crippen molar-refractivity contribution in [3.63, 3.8) is 0 Å². The highest BCUT2D eigenvalue weighted by molar-refractivity contribution is 5.86. The summed E-state index contributed by atoms with van der Waals surface area (Å²) in [6.07, 6.45) is 18.7. The van der Waals surface area contributed by atoms with E-state index in [0.29, 0.717) is 0 Å². The molecule has 0 unspecified atom stereocenters. The van der Waals surface area contributed by atoms with Gasteiger partial charge < -0.3 is 9.47 Å². The van der Waals surface area contributed by atoms with E-state index in [2.05, 4.69) is 160 Å². The molecule has 0 radical (unpaired) electrons. The summed E-state index contributed by atoms with van der Waals surface area (Å²) in [5, 5.41) is 3.98. The van der Waals surface area contributed by atoms with Crippen LogP contribution in [0.15, 0.2) is 121 Å². The van der Waals surface area contributed by atoms with Crippen LogP contribution in [-0.2, 0) is 0 Å². The lowest BCUT2D eigenvalue weighted by Gasteiger charge is -2.24. The molecule has 48 heavy (non-hydrogen) atoms. The lowest BCUT2D eigenvalue weighted by atomic mass is 9.86. The number of aromatic nitrogens is 1. The van der Waals surface area contributed by atoms with Crippen molar-refractivity contribution in [1.82, 2.24) is 4.57 Å². The summed E-state index contributed by atoms with van der Waals surface area (Å²) in [6.45, 7) is 24.1. The molecule has 1 aromatic heterocycles. The van der Waals surface area contributed by atoms with Gasteiger partial charge in [0.25, 0.3) is 0 Å². The first-order valence-corrected chi connectivity index (χ1v) is 18.0. The molecular weight excluding hydrogens is 581 g/mol. The van der Waals surface area contributed by atoms with Gasteiger partial charge in [-0.15, -0.1) is 0 Å². The van der Waals surface area contributed by atoms with Gasteiger partial charge in [0.2, 0.25) is 0 Å². The number of hydrogen-bond donors (Lipinski definition) is 0. The maximum atomic E-state index is 4.12. The second-order valence-electron chi connectivity index (χ2n) is 12.5. The van der Waals surface area contributed by atoms with Crippen molar-refractivity contribution in [1.29, 1.82) is 0 Å². The third kappa shape index (κ3) is 7.14. The monoisotopic (exact) mass is 636 g/mol. The first kappa shape index (κ1) is 36.3. The number of anilines is 1. The fraction of sp³-hybridized carbons (Fsp3) is 0.304. The lowest BCUT2D eigenvalue weighted by molar-refractivity contribution is 0.495. The van der Waals surface area contributed by atoms with Crippen LogP contribution >= 0.6 is 0 Å². The molecule has 0 N–H and O–H groups in total. The van der Waals surface area contributed by atoms with Crippen molar-refractivity contribution >= 4 is 40.0 Å². The summed E-state index contributed by atoms with van der Waals surface area (Å²) >= 11 is 0. The fourth-order valence-electron chi connectivity index (χ4n) is 7.08. The number of rotatable bonds is 7. The molecule has 0 spiro atoms. The number of benzene rings is 3. The summed E-state index contributed by atoms with van der Waals surface area (Å²) in [5.41, 5.74) is 11.7. The molecule has 0 bridgehead atoms. The second-order valence-corrected chi connectivity index (χ2v) is 12.5. The third-order valence-electron chi connectivity index (χ3n) is 9.18. The number of allylic oxidation sites excluding steroid dienone is 7. The number of fused-ring (bicyclic) bond motifs is 1. The Hall–Kier alpha value is -4.56. The van der Waals surface area contributed by atoms with E-state index in [1.54, 1.807) is 0 Å². The number of hydrogen-bond acceptors (Lipinski definition) is 1. The van der Waals surface area contributed by atoms with Gasteiger partial charge in [-0.25, -0.2) is 0 Å². The van der Waals surface area contributed by atoms with E-state index in [9.17, 15) is 0 Å². The molecule has 2 heteroatoms. The molecule has 2 aliphatic rings. The van der Waals surface area contributed by atoms with Gasteiger partial charge in [0.1, 0.15) is 0 Å². The van der Waals surface area contributed by atoms with E-state index in [1.807, 2.05) is 33.8 Å². The first-order valence-electron chi connectivity index (χ1n) is 18.0. The van der Waals surface area contributed by atoms with Gasteiger partial charge in [-0.1, -0.05) is 134 Å². The third-order valence-corrected chi connectivity index (χ3v) is 9.18. The molecule has 1 aliphatic carbocycles. The predicted octanol–water partition coefficient (Wildman–Crippen LogP) is 11.9. The average Bonchev–Trinajstić information content (AvgIpc) is 3.59. The predicted molar refractivity (Wildman–Crippen MR) is 215 cm³/mol. The fourth-order valence-corrected chi connectivity index (χ4v) is 7.08. The molecular formula is C46H56N2. The Morgan fingerprint density at radius 3 is 2.15 bits per heavy atom. The largest absolute Gasteiger partial charge is 0.340 e. The van der Waals surface area contributed by atoms with E-state index >= 15 is 0 Å². The smallest absolute Gasteiger partial charge is 0.0537 e. The molecule has 0 fully saturated rings. The van der Waals surface area contributed by atoms with Crippen LogP contribution in [0.1, 0.15) is 87.1 Å². The zero-order valence-electron chi connectivity index (χ0n) is 30.9. The van der Waals surface area contributed by atoms with Gasteiger partial charge in [0.15, 0.2) is 0 Å². The van der Waals surface area contributed by atoms with Crippen LogP contribution in [-0.4, -0.2) is 11.1 Å². The van der Waals surface area contributed by atoms with Crippen LogP contribution in [0, 0.1) is 5.41 Å². The van der Waals surface area contributed by atoms with Gasteiger partial charge >= 0.3 is 0 Å². The summed E-state index contributed by atoms with van der Waals surface area (Å²) in [6, 6.07) is 26.9. The molecule has 2 heterocycles. The minimum atomic E-state index is 0.0621. The van der Waals surface area contributed by atoms with Crippen molar-refractivity contribution < 1.29 is 0 Å². The highest BCUT2D eigenvalue weighted by Gasteiger charge is 2.35. The van der Waals surface area contributed by atoms with Crippen LogP contribution in [0.2, 0.25) is 0 Å². The Balaban J connectivity index is 0.00000125. The molecule has 4 aromatic rings. The van der Waals surface area contributed by atoms with Gasteiger partial charge in [0.05, 0.1) is 5.52 Å². The summed E-state index contributed by atoms with van der Waals surface area (Å²) in [7, 11) is 0. The van der Waals surface area contributed by atoms with Gasteiger partial charge in [-0.2, -0.15) is 0 Å². The Kier molecular flexibility index (Phi) is 12.5. The molecule has 3 aromatic carbocycles. The quantitative estimate of drug-likeness (QED) is 0.196. The Bertz CT molecular complexity index is 1970. The summed E-state index contributed by atoms with van der Waals surface area (Å²) < 4.78 is 2.48. The molecule has 2 nitrogen and oxygen atoms in total. The van der Waals surface area contributed by atoms with E-state index in [1.165, 1.54) is 66.4 Å². The van der Waals surface area contributed by atoms with Crippen LogP contribution in [0.4, 0.5) is 5.69 Å². The minimum absolute atomic E-state index is 0.0621. The number of nitrogens with zero attached hydrogens (tertiary/aromatic N) is 2. The highest BCUT2D eigenvalue weighted by atomic mass is 15.2. The molecule has 6 rings (SSSR count). The lowest BCUT2D eigenvalue weighted by Crippen LogP contribution is -2.29. The van der Waals surface area contributed by atoms with Crippen LogP contribution in [0.25, 0.3) is 45.5 Å². The maximum Gasteiger partial charge on any atom is 0.0537 e. The minimum Gasteiger partial charge on any atom is -0.340 e. The first-order chi connectivity index (χ1) is 23.4. The standard InChI is InChI=1S/C42H44N2.2C2H6/c1-7-14-39-36(9-3)37-18-11-12-19-40(37)44(39)35-26-22-31(23-27-35)33-17-13-16-32(28-33)30-20-24-34(25-21-30)43-29-42(5,6)38(10-4)41(43)15-8-2;2*1-2/h8-22,24-26,28H,4,7,23,27,29H2,1-3,5-6H3;2*1-2H3/b15-8-,36-9-,39-14+;;. The zero-order valence-corrected chi connectivity index (χ0v) is 30.9. The molecule has 250 valence electrons. The van der Waals surface area contributed by atoms with Crippen molar-refractivity contribution in [3.05, 3.63) is 137 Å². The molecule has 0 amide bonds. The Labute approximate surface area is 290 Å². The zero-order chi connectivity index (χ0) is 34.8. The van der Waals surface area contributed by atoms with Crippen molar-refractivity contribution in [2.75, 3.05) is 11.4 Å². The second kappa shape index (κ2) is 16.5. The average molecular weight is 637 g/mol. The van der Waals surface area contributed by atoms with Gasteiger partial charge in [0, 0.05) is 45.0 Å². The molecule has 0 saturated heterocycles. The SMILES string of the molecule is C=CC1=C(/C=C\C)N(c2ccc(-c3cccc(C4=CC=C(n5c(=C/CC)/c(=C\C)c6ccccc65)CC4)c3)cc2)CC1(C)C.CC.CC. The van der Waals surface area contributed by atoms with E-state index in [-0.39, 0.29) is 5.41 Å². The Morgan fingerprint density at radius 2 is 1.52 bits per heavy atom. The maximum absolute atomic E-state index is 4.12. The van der Waals surface area contributed by atoms with Crippen LogP contribution in [0.3, 0.4) is 0 Å². The normalized spacial score (nSPS) is 16.4. The summed E-state index contributed by atoms with van der Waals surface area (Å²) in [5.74, 6) is 0. The van der Waals surface area contributed by atoms with Crippen LogP contribution < -0.4 is 15.5 Å². The van der Waals surface area contributed by atoms with Gasteiger partial charge in [-0.05, 0) is 97.4 Å².